The van der Waals surface area contributed by atoms with E-state index in [0.29, 0.717) is 0 Å². The van der Waals surface area contributed by atoms with E-state index >= 15 is 0 Å². The molecule has 22 heavy (non-hydrogen) atoms. The largest absolute Gasteiger partial charge is 0.462 e. The van der Waals surface area contributed by atoms with Crippen LogP contribution in [0.4, 0.5) is 5.82 Å². The van der Waals surface area contributed by atoms with Crippen LogP contribution in [-0.4, -0.2) is 43.2 Å². The lowest BCUT2D eigenvalue weighted by Gasteiger charge is -2.17. The van der Waals surface area contributed by atoms with E-state index < -0.39 is 16.0 Å². The first-order valence-corrected chi connectivity index (χ1v) is 8.01. The molecule has 10 heteroatoms. The maximum absolute atomic E-state index is 12.6. The van der Waals surface area contributed by atoms with Gasteiger partial charge in [0, 0.05) is 7.05 Å². The number of aromatic nitrogens is 3. The summed E-state index contributed by atoms with van der Waals surface area (Å²) >= 11 is 5.76. The molecule has 2 heterocycles. The van der Waals surface area contributed by atoms with Crippen LogP contribution in [0.15, 0.2) is 29.4 Å². The highest BCUT2D eigenvalue weighted by molar-refractivity contribution is 7.92. The smallest absolute Gasteiger partial charge is 0.342 e. The summed E-state index contributed by atoms with van der Waals surface area (Å²) in [5, 5.41) is 5.70. The fourth-order valence-corrected chi connectivity index (χ4v) is 3.02. The molecule has 0 aromatic carbocycles. The molecule has 118 valence electrons. The number of nitrogens with one attached hydrogen (secondary N) is 1. The third kappa shape index (κ3) is 3.04. The summed E-state index contributed by atoms with van der Waals surface area (Å²) in [6.07, 6.45) is 1.10. The van der Waals surface area contributed by atoms with Gasteiger partial charge in [-0.2, -0.15) is 13.5 Å². The topological polar surface area (TPSA) is 105 Å². The van der Waals surface area contributed by atoms with Gasteiger partial charge in [0.25, 0.3) is 10.0 Å². The standard InChI is InChI=1S/C12H13ClN4O4S/c1-3-21-12(18)8-7-14-16-11(8)22(19,20)17(2)10-6-4-5-9(13)15-10/h4-7H,3H2,1-2H3,(H,14,16). The number of ether oxygens (including phenoxy) is 1. The Morgan fingerprint density at radius 1 is 1.45 bits per heavy atom. The van der Waals surface area contributed by atoms with Crippen LogP contribution >= 0.6 is 11.6 Å². The highest BCUT2D eigenvalue weighted by atomic mass is 35.5. The molecule has 0 aliphatic carbocycles. The first kappa shape index (κ1) is 16.2. The highest BCUT2D eigenvalue weighted by Crippen LogP contribution is 2.22. The first-order valence-electron chi connectivity index (χ1n) is 6.20. The zero-order valence-electron chi connectivity index (χ0n) is 11.8. The van der Waals surface area contributed by atoms with E-state index in [4.69, 9.17) is 16.3 Å². The van der Waals surface area contributed by atoms with Crippen molar-refractivity contribution in [3.8, 4) is 0 Å². The van der Waals surface area contributed by atoms with E-state index in [9.17, 15) is 13.2 Å². The van der Waals surface area contributed by atoms with Crippen molar-refractivity contribution >= 4 is 33.4 Å². The molecule has 0 atom stereocenters. The highest BCUT2D eigenvalue weighted by Gasteiger charge is 2.30. The van der Waals surface area contributed by atoms with Crippen molar-refractivity contribution < 1.29 is 17.9 Å². The third-order valence-electron chi connectivity index (χ3n) is 2.74. The molecular weight excluding hydrogens is 332 g/mol. The Bertz CT molecular complexity index is 790. The van der Waals surface area contributed by atoms with Gasteiger partial charge in [0.2, 0.25) is 0 Å². The number of carbonyl (C=O) groups is 1. The predicted octanol–water partition coefficient (Wildman–Crippen LogP) is 1.46. The molecule has 8 nitrogen and oxygen atoms in total. The molecule has 0 saturated carbocycles. The molecular formula is C12H13ClN4O4S. The number of carbonyl (C=O) groups excluding carboxylic acids is 1. The third-order valence-corrected chi connectivity index (χ3v) is 4.69. The Morgan fingerprint density at radius 2 is 2.18 bits per heavy atom. The van der Waals surface area contributed by atoms with Gasteiger partial charge in [-0.1, -0.05) is 17.7 Å². The van der Waals surface area contributed by atoms with Crippen LogP contribution in [0, 0.1) is 0 Å². The summed E-state index contributed by atoms with van der Waals surface area (Å²) in [7, 11) is -2.77. The molecule has 0 bridgehead atoms. The summed E-state index contributed by atoms with van der Waals surface area (Å²) in [5.74, 6) is -0.667. The van der Waals surface area contributed by atoms with E-state index in [2.05, 4.69) is 15.2 Å². The fourth-order valence-electron chi connectivity index (χ4n) is 1.66. The number of nitrogens with zero attached hydrogens (tertiary/aromatic N) is 3. The molecule has 0 fully saturated rings. The number of aromatic amines is 1. The van der Waals surface area contributed by atoms with Gasteiger partial charge in [0.05, 0.1) is 12.8 Å². The summed E-state index contributed by atoms with van der Waals surface area (Å²) in [6.45, 7) is 1.74. The van der Waals surface area contributed by atoms with Gasteiger partial charge >= 0.3 is 5.97 Å². The van der Waals surface area contributed by atoms with Gasteiger partial charge in [0.1, 0.15) is 16.5 Å². The minimum Gasteiger partial charge on any atom is -0.462 e. The average molecular weight is 345 g/mol. The van der Waals surface area contributed by atoms with Gasteiger partial charge < -0.3 is 4.74 Å². The lowest BCUT2D eigenvalue weighted by atomic mass is 10.4. The maximum atomic E-state index is 12.6. The van der Waals surface area contributed by atoms with Gasteiger partial charge in [-0.15, -0.1) is 0 Å². The van der Waals surface area contributed by atoms with Gasteiger partial charge in [-0.25, -0.2) is 9.78 Å². The van der Waals surface area contributed by atoms with Crippen LogP contribution in [0.25, 0.3) is 0 Å². The summed E-state index contributed by atoms with van der Waals surface area (Å²) in [6, 6.07) is 4.56. The number of halogens is 1. The molecule has 0 unspecified atom stereocenters. The number of anilines is 1. The lowest BCUT2D eigenvalue weighted by Crippen LogP contribution is -2.29. The SMILES string of the molecule is CCOC(=O)c1cn[nH]c1S(=O)(=O)N(C)c1cccc(Cl)n1. The van der Waals surface area contributed by atoms with E-state index in [-0.39, 0.29) is 28.2 Å². The summed E-state index contributed by atoms with van der Waals surface area (Å²) in [4.78, 5) is 15.7. The maximum Gasteiger partial charge on any atom is 0.342 e. The van der Waals surface area contributed by atoms with Crippen LogP contribution in [-0.2, 0) is 14.8 Å². The molecule has 0 amide bonds. The van der Waals surface area contributed by atoms with Crippen LogP contribution in [0.2, 0.25) is 5.15 Å². The van der Waals surface area contributed by atoms with Crippen molar-refractivity contribution in [2.45, 2.75) is 11.9 Å². The van der Waals surface area contributed by atoms with E-state index in [0.717, 1.165) is 10.5 Å². The molecule has 0 radical (unpaired) electrons. The van der Waals surface area contributed by atoms with Crippen molar-refractivity contribution in [2.75, 3.05) is 18.0 Å². The first-order chi connectivity index (χ1) is 10.4. The minimum atomic E-state index is -4.07. The van der Waals surface area contributed by atoms with Gasteiger partial charge in [0.15, 0.2) is 5.03 Å². The molecule has 1 N–H and O–H groups in total. The number of sulfonamides is 1. The molecule has 0 aliphatic heterocycles. The van der Waals surface area contributed by atoms with Crippen molar-refractivity contribution in [3.63, 3.8) is 0 Å². The number of hydrogen-bond donors (Lipinski definition) is 1. The lowest BCUT2D eigenvalue weighted by molar-refractivity contribution is 0.0522. The number of rotatable bonds is 5. The monoisotopic (exact) mass is 344 g/mol. The van der Waals surface area contributed by atoms with Crippen molar-refractivity contribution in [1.29, 1.82) is 0 Å². The number of esters is 1. The molecule has 2 rings (SSSR count). The van der Waals surface area contributed by atoms with Crippen molar-refractivity contribution in [3.05, 3.63) is 35.1 Å². The van der Waals surface area contributed by atoms with Crippen LogP contribution < -0.4 is 4.31 Å². The van der Waals surface area contributed by atoms with Gasteiger partial charge in [-0.3, -0.25) is 9.40 Å². The van der Waals surface area contributed by atoms with Gasteiger partial charge in [-0.05, 0) is 19.1 Å². The number of pyridine rings is 1. The van der Waals surface area contributed by atoms with Crippen molar-refractivity contribution in [2.24, 2.45) is 0 Å². The van der Waals surface area contributed by atoms with Crippen LogP contribution in [0.1, 0.15) is 17.3 Å². The molecule has 2 aromatic heterocycles. The second kappa shape index (κ2) is 6.32. The van der Waals surface area contributed by atoms with E-state index in [1.807, 2.05) is 0 Å². The summed E-state index contributed by atoms with van der Waals surface area (Å²) in [5.41, 5.74) is -0.171. The average Bonchev–Trinajstić information content (AvgIpc) is 2.97. The van der Waals surface area contributed by atoms with Crippen molar-refractivity contribution in [1.82, 2.24) is 15.2 Å². The Labute approximate surface area is 132 Å². The Kier molecular flexibility index (Phi) is 4.67. The second-order valence-corrected chi connectivity index (χ2v) is 6.42. The zero-order valence-corrected chi connectivity index (χ0v) is 13.3. The molecule has 0 aliphatic rings. The Hall–Kier alpha value is -2.13. The summed E-state index contributed by atoms with van der Waals surface area (Å²) < 4.78 is 30.9. The fraction of sp³-hybridized carbons (Fsp3) is 0.250. The number of H-pyrrole nitrogens is 1. The van der Waals surface area contributed by atoms with Crippen LogP contribution in [0.3, 0.4) is 0 Å². The van der Waals surface area contributed by atoms with E-state index in [1.165, 1.54) is 19.2 Å². The zero-order chi connectivity index (χ0) is 16.3. The number of hydrogen-bond acceptors (Lipinski definition) is 6. The molecule has 0 saturated heterocycles. The quantitative estimate of drug-likeness (QED) is 0.650. The second-order valence-electron chi connectivity index (χ2n) is 4.12. The van der Waals surface area contributed by atoms with Crippen LogP contribution in [0.5, 0.6) is 0 Å². The predicted molar refractivity (Wildman–Crippen MR) is 79.4 cm³/mol. The molecule has 0 spiro atoms. The Balaban J connectivity index is 2.43. The van der Waals surface area contributed by atoms with E-state index in [1.54, 1.807) is 13.0 Å². The minimum absolute atomic E-state index is 0.108. The molecule has 2 aromatic rings. The normalized spacial score (nSPS) is 11.2. The Morgan fingerprint density at radius 3 is 2.82 bits per heavy atom.